The number of hydrogen-bond acceptors (Lipinski definition) is 3. The number of allylic oxidation sites excluding steroid dienone is 1. The van der Waals surface area contributed by atoms with Gasteiger partial charge in [-0.15, -0.1) is 11.3 Å². The number of amides is 1. The van der Waals surface area contributed by atoms with Crippen LogP contribution < -0.4 is 5.32 Å². The SMILES string of the molecule is CC1(C=CC(=O)Nc2ccsc2Br)CCOCC1. The van der Waals surface area contributed by atoms with Crippen molar-refractivity contribution in [1.82, 2.24) is 0 Å². The average Bonchev–Trinajstić information content (AvgIpc) is 2.74. The Bertz CT molecular complexity index is 450. The van der Waals surface area contributed by atoms with Gasteiger partial charge in [0.2, 0.25) is 5.91 Å². The van der Waals surface area contributed by atoms with Gasteiger partial charge in [0.05, 0.1) is 9.47 Å². The lowest BCUT2D eigenvalue weighted by molar-refractivity contribution is -0.112. The molecular weight excluding hydrogens is 314 g/mol. The lowest BCUT2D eigenvalue weighted by atomic mass is 9.82. The number of ether oxygens (including phenoxy) is 1. The molecule has 1 fully saturated rings. The van der Waals surface area contributed by atoms with Gasteiger partial charge in [-0.25, -0.2) is 0 Å². The van der Waals surface area contributed by atoms with Crippen molar-refractivity contribution in [3.8, 4) is 0 Å². The van der Waals surface area contributed by atoms with Gasteiger partial charge in [0, 0.05) is 13.2 Å². The predicted octanol–water partition coefficient (Wildman–Crippen LogP) is 3.82. The summed E-state index contributed by atoms with van der Waals surface area (Å²) >= 11 is 4.95. The second kappa shape index (κ2) is 5.99. The molecule has 1 N–H and O–H groups in total. The Labute approximate surface area is 119 Å². The maximum atomic E-state index is 11.8. The minimum Gasteiger partial charge on any atom is -0.381 e. The minimum absolute atomic E-state index is 0.0817. The molecule has 2 rings (SSSR count). The van der Waals surface area contributed by atoms with E-state index in [4.69, 9.17) is 4.74 Å². The molecule has 0 aliphatic carbocycles. The molecule has 1 aromatic heterocycles. The van der Waals surface area contributed by atoms with Gasteiger partial charge >= 0.3 is 0 Å². The van der Waals surface area contributed by atoms with E-state index >= 15 is 0 Å². The molecule has 0 unspecified atom stereocenters. The molecule has 0 aromatic carbocycles. The average molecular weight is 330 g/mol. The van der Waals surface area contributed by atoms with Crippen LogP contribution in [0.3, 0.4) is 0 Å². The molecule has 1 saturated heterocycles. The normalized spacial score (nSPS) is 19.0. The third kappa shape index (κ3) is 3.67. The Morgan fingerprint density at radius 3 is 2.89 bits per heavy atom. The zero-order chi connectivity index (χ0) is 13.0. The summed E-state index contributed by atoms with van der Waals surface area (Å²) in [5, 5.41) is 4.79. The van der Waals surface area contributed by atoms with Crippen LogP contribution in [0.15, 0.2) is 27.4 Å². The number of nitrogens with one attached hydrogen (secondary N) is 1. The molecule has 3 nitrogen and oxygen atoms in total. The van der Waals surface area contributed by atoms with Crippen molar-refractivity contribution in [2.75, 3.05) is 18.5 Å². The Hall–Kier alpha value is -0.650. The molecule has 1 aliphatic rings. The Morgan fingerprint density at radius 1 is 1.56 bits per heavy atom. The number of carbonyl (C=O) groups excluding carboxylic acids is 1. The molecule has 18 heavy (non-hydrogen) atoms. The molecule has 0 spiro atoms. The Morgan fingerprint density at radius 2 is 2.28 bits per heavy atom. The highest BCUT2D eigenvalue weighted by atomic mass is 79.9. The first-order chi connectivity index (χ1) is 8.59. The van der Waals surface area contributed by atoms with Crippen molar-refractivity contribution in [3.05, 3.63) is 27.4 Å². The van der Waals surface area contributed by atoms with Crippen LogP contribution >= 0.6 is 27.3 Å². The summed E-state index contributed by atoms with van der Waals surface area (Å²) in [6.45, 7) is 3.72. The fourth-order valence-corrected chi connectivity index (χ4v) is 2.96. The van der Waals surface area contributed by atoms with Crippen LogP contribution in [0.1, 0.15) is 19.8 Å². The number of anilines is 1. The number of halogens is 1. The molecule has 0 atom stereocenters. The van der Waals surface area contributed by atoms with Crippen LogP contribution in [0.4, 0.5) is 5.69 Å². The fourth-order valence-electron chi connectivity index (χ4n) is 1.84. The topological polar surface area (TPSA) is 38.3 Å². The van der Waals surface area contributed by atoms with Crippen molar-refractivity contribution in [1.29, 1.82) is 0 Å². The summed E-state index contributed by atoms with van der Waals surface area (Å²) in [5.41, 5.74) is 0.911. The Kier molecular flexibility index (Phi) is 4.59. The van der Waals surface area contributed by atoms with Crippen molar-refractivity contribution in [2.24, 2.45) is 5.41 Å². The van der Waals surface area contributed by atoms with Crippen LogP contribution in [-0.4, -0.2) is 19.1 Å². The number of hydrogen-bond donors (Lipinski definition) is 1. The minimum atomic E-state index is -0.0817. The highest BCUT2D eigenvalue weighted by Crippen LogP contribution is 2.31. The van der Waals surface area contributed by atoms with Gasteiger partial charge in [-0.1, -0.05) is 13.0 Å². The Balaban J connectivity index is 1.92. The fraction of sp³-hybridized carbons (Fsp3) is 0.462. The smallest absolute Gasteiger partial charge is 0.248 e. The van der Waals surface area contributed by atoms with Gasteiger partial charge in [-0.3, -0.25) is 4.79 Å². The predicted molar refractivity (Wildman–Crippen MR) is 77.9 cm³/mol. The molecule has 1 aromatic rings. The third-order valence-electron chi connectivity index (χ3n) is 3.15. The third-order valence-corrected chi connectivity index (χ3v) is 4.83. The van der Waals surface area contributed by atoms with Crippen molar-refractivity contribution >= 4 is 38.9 Å². The van der Waals surface area contributed by atoms with Gasteiger partial charge in [0.15, 0.2) is 0 Å². The quantitative estimate of drug-likeness (QED) is 0.856. The molecule has 1 amide bonds. The van der Waals surface area contributed by atoms with Crippen LogP contribution in [0.2, 0.25) is 0 Å². The molecule has 98 valence electrons. The highest BCUT2D eigenvalue weighted by molar-refractivity contribution is 9.11. The number of thiophene rings is 1. The summed E-state index contributed by atoms with van der Waals surface area (Å²) in [6.07, 6.45) is 5.58. The van der Waals surface area contributed by atoms with E-state index in [2.05, 4.69) is 28.2 Å². The van der Waals surface area contributed by atoms with E-state index in [-0.39, 0.29) is 11.3 Å². The van der Waals surface area contributed by atoms with Crippen LogP contribution in [0, 0.1) is 5.41 Å². The molecule has 0 saturated carbocycles. The second-order valence-electron chi connectivity index (χ2n) is 4.70. The van der Waals surface area contributed by atoms with E-state index in [1.54, 1.807) is 17.4 Å². The lowest BCUT2D eigenvalue weighted by Gasteiger charge is -2.30. The number of carbonyl (C=O) groups is 1. The van der Waals surface area contributed by atoms with E-state index in [0.29, 0.717) is 0 Å². The maximum Gasteiger partial charge on any atom is 0.248 e. The molecule has 5 heteroatoms. The first-order valence-electron chi connectivity index (χ1n) is 5.90. The van der Waals surface area contributed by atoms with E-state index in [0.717, 1.165) is 35.5 Å². The molecule has 2 heterocycles. The summed E-state index contributed by atoms with van der Waals surface area (Å²) in [7, 11) is 0. The maximum absolute atomic E-state index is 11.8. The first-order valence-corrected chi connectivity index (χ1v) is 7.57. The molecule has 1 aliphatic heterocycles. The second-order valence-corrected chi connectivity index (χ2v) is 6.93. The van der Waals surface area contributed by atoms with Gasteiger partial charge in [-0.05, 0) is 51.7 Å². The van der Waals surface area contributed by atoms with Crippen molar-refractivity contribution < 1.29 is 9.53 Å². The van der Waals surface area contributed by atoms with Gasteiger partial charge in [0.1, 0.15) is 0 Å². The van der Waals surface area contributed by atoms with E-state index < -0.39 is 0 Å². The van der Waals surface area contributed by atoms with Crippen molar-refractivity contribution in [2.45, 2.75) is 19.8 Å². The van der Waals surface area contributed by atoms with Gasteiger partial charge in [0.25, 0.3) is 0 Å². The van der Waals surface area contributed by atoms with E-state index in [1.807, 2.05) is 17.5 Å². The largest absolute Gasteiger partial charge is 0.381 e. The zero-order valence-electron chi connectivity index (χ0n) is 10.2. The lowest BCUT2D eigenvalue weighted by Crippen LogP contribution is -2.24. The summed E-state index contributed by atoms with van der Waals surface area (Å²) in [4.78, 5) is 11.8. The van der Waals surface area contributed by atoms with Crippen LogP contribution in [0.5, 0.6) is 0 Å². The number of rotatable bonds is 3. The van der Waals surface area contributed by atoms with Gasteiger partial charge < -0.3 is 10.1 Å². The summed E-state index contributed by atoms with van der Waals surface area (Å²) in [6, 6.07) is 1.89. The summed E-state index contributed by atoms with van der Waals surface area (Å²) in [5.74, 6) is -0.0817. The summed E-state index contributed by atoms with van der Waals surface area (Å²) < 4.78 is 6.28. The standard InChI is InChI=1S/C13H16BrNO2S/c1-13(5-7-17-8-6-13)4-2-11(16)15-10-3-9-18-12(10)14/h2-4,9H,5-8H2,1H3,(H,15,16). The van der Waals surface area contributed by atoms with E-state index in [1.165, 1.54) is 0 Å². The first kappa shape index (κ1) is 13.8. The van der Waals surface area contributed by atoms with Crippen molar-refractivity contribution in [3.63, 3.8) is 0 Å². The van der Waals surface area contributed by atoms with Crippen LogP contribution in [0.25, 0.3) is 0 Å². The van der Waals surface area contributed by atoms with Crippen LogP contribution in [-0.2, 0) is 9.53 Å². The molecule has 0 bridgehead atoms. The van der Waals surface area contributed by atoms with Gasteiger partial charge in [-0.2, -0.15) is 0 Å². The highest BCUT2D eigenvalue weighted by Gasteiger charge is 2.24. The molecule has 0 radical (unpaired) electrons. The zero-order valence-corrected chi connectivity index (χ0v) is 12.6. The van der Waals surface area contributed by atoms with E-state index in [9.17, 15) is 4.79 Å². The monoisotopic (exact) mass is 329 g/mol. The molecular formula is C13H16BrNO2S.